The number of nitrogens with zero attached hydrogens (tertiary/aromatic N) is 2. The molecule has 0 aliphatic carbocycles. The van der Waals surface area contributed by atoms with Gasteiger partial charge in [0, 0.05) is 37.3 Å². The van der Waals surface area contributed by atoms with Gasteiger partial charge in [0.25, 0.3) is 5.91 Å². The topological polar surface area (TPSA) is 99.3 Å². The molecule has 1 aliphatic heterocycles. The molecule has 0 bridgehead atoms. The largest absolute Gasteiger partial charge is 0.495 e. The van der Waals surface area contributed by atoms with E-state index in [9.17, 15) is 9.59 Å². The van der Waals surface area contributed by atoms with E-state index in [1.807, 2.05) is 19.1 Å². The van der Waals surface area contributed by atoms with Crippen molar-refractivity contribution >= 4 is 29.9 Å². The first-order valence-corrected chi connectivity index (χ1v) is 8.63. The Bertz CT molecular complexity index is 808. The Labute approximate surface area is 164 Å². The van der Waals surface area contributed by atoms with Gasteiger partial charge in [-0.2, -0.15) is 5.10 Å². The van der Waals surface area contributed by atoms with E-state index in [0.717, 1.165) is 24.2 Å². The van der Waals surface area contributed by atoms with E-state index in [4.69, 9.17) is 4.74 Å². The van der Waals surface area contributed by atoms with Crippen LogP contribution in [0.15, 0.2) is 24.3 Å². The fourth-order valence-electron chi connectivity index (χ4n) is 2.99. The molecule has 1 aliphatic rings. The van der Waals surface area contributed by atoms with Crippen molar-refractivity contribution in [3.05, 3.63) is 41.2 Å². The number of fused-ring (bicyclic) bond motifs is 1. The van der Waals surface area contributed by atoms with Crippen LogP contribution >= 0.6 is 12.4 Å². The monoisotopic (exact) mass is 393 g/mol. The maximum atomic E-state index is 12.8. The predicted octanol–water partition coefficient (Wildman–Crippen LogP) is 1.59. The summed E-state index contributed by atoms with van der Waals surface area (Å²) in [5, 5.41) is 13.1. The second-order valence-corrected chi connectivity index (χ2v) is 6.02. The van der Waals surface area contributed by atoms with Crippen molar-refractivity contribution < 1.29 is 14.3 Å². The van der Waals surface area contributed by atoms with Gasteiger partial charge in [0.15, 0.2) is 5.69 Å². The number of halogens is 1. The Hall–Kier alpha value is -2.58. The molecule has 3 N–H and O–H groups in total. The molecular weight excluding hydrogens is 370 g/mol. The van der Waals surface area contributed by atoms with E-state index < -0.39 is 0 Å². The highest BCUT2D eigenvalue weighted by Crippen LogP contribution is 2.23. The molecule has 0 fully saturated rings. The lowest BCUT2D eigenvalue weighted by molar-refractivity contribution is -0.116. The molecule has 146 valence electrons. The molecule has 3 rings (SSSR count). The number of methoxy groups -OCH3 is 1. The zero-order chi connectivity index (χ0) is 18.5. The predicted molar refractivity (Wildman–Crippen MR) is 104 cm³/mol. The first-order valence-electron chi connectivity index (χ1n) is 8.63. The van der Waals surface area contributed by atoms with E-state index in [1.54, 1.807) is 19.2 Å². The zero-order valence-corrected chi connectivity index (χ0v) is 16.2. The number of para-hydroxylation sites is 2. The molecule has 8 nitrogen and oxygen atoms in total. The number of likely N-dealkylation sites (N-methyl/N-ethyl adjacent to an activating group) is 1. The number of aromatic amines is 1. The van der Waals surface area contributed by atoms with Crippen LogP contribution in [0.1, 0.15) is 28.7 Å². The van der Waals surface area contributed by atoms with E-state index >= 15 is 0 Å². The van der Waals surface area contributed by atoms with Gasteiger partial charge in [-0.15, -0.1) is 12.4 Å². The highest BCUT2D eigenvalue weighted by Gasteiger charge is 2.26. The van der Waals surface area contributed by atoms with Crippen molar-refractivity contribution in [1.82, 2.24) is 20.4 Å². The summed E-state index contributed by atoms with van der Waals surface area (Å²) in [6.45, 7) is 3.67. The maximum absolute atomic E-state index is 12.8. The quantitative estimate of drug-likeness (QED) is 0.692. The van der Waals surface area contributed by atoms with Crippen molar-refractivity contribution in [2.24, 2.45) is 0 Å². The Morgan fingerprint density at radius 1 is 1.33 bits per heavy atom. The molecule has 0 saturated carbocycles. The molecule has 0 spiro atoms. The lowest BCUT2D eigenvalue weighted by Gasteiger charge is -2.21. The molecule has 0 saturated heterocycles. The number of rotatable bonds is 6. The lowest BCUT2D eigenvalue weighted by Crippen LogP contribution is -2.39. The van der Waals surface area contributed by atoms with E-state index in [1.165, 1.54) is 4.90 Å². The minimum Gasteiger partial charge on any atom is -0.495 e. The third kappa shape index (κ3) is 4.58. The van der Waals surface area contributed by atoms with Crippen molar-refractivity contribution in [2.45, 2.75) is 19.9 Å². The summed E-state index contributed by atoms with van der Waals surface area (Å²) in [5.41, 5.74) is 2.84. The number of carbonyl (C=O) groups is 2. The maximum Gasteiger partial charge on any atom is 0.275 e. The third-order valence-electron chi connectivity index (χ3n) is 4.39. The van der Waals surface area contributed by atoms with Crippen LogP contribution in [0, 0.1) is 0 Å². The van der Waals surface area contributed by atoms with Crippen molar-refractivity contribution in [3.8, 4) is 5.75 Å². The van der Waals surface area contributed by atoms with Crippen LogP contribution in [0.25, 0.3) is 0 Å². The number of hydrogen-bond donors (Lipinski definition) is 3. The van der Waals surface area contributed by atoms with Gasteiger partial charge < -0.3 is 20.3 Å². The van der Waals surface area contributed by atoms with Crippen molar-refractivity contribution in [1.29, 1.82) is 0 Å². The molecule has 27 heavy (non-hydrogen) atoms. The third-order valence-corrected chi connectivity index (χ3v) is 4.39. The van der Waals surface area contributed by atoms with E-state index in [2.05, 4.69) is 20.8 Å². The van der Waals surface area contributed by atoms with Crippen LogP contribution in [0.5, 0.6) is 5.75 Å². The van der Waals surface area contributed by atoms with Crippen molar-refractivity contribution in [2.75, 3.05) is 32.1 Å². The second kappa shape index (κ2) is 9.38. The number of aromatic nitrogens is 2. The highest BCUT2D eigenvalue weighted by molar-refractivity contribution is 5.99. The first-order chi connectivity index (χ1) is 12.6. The smallest absolute Gasteiger partial charge is 0.275 e. The van der Waals surface area contributed by atoms with Crippen LogP contribution in [0.2, 0.25) is 0 Å². The van der Waals surface area contributed by atoms with Crippen LogP contribution in [-0.4, -0.2) is 53.7 Å². The average molecular weight is 394 g/mol. The summed E-state index contributed by atoms with van der Waals surface area (Å²) < 4.78 is 5.23. The van der Waals surface area contributed by atoms with Gasteiger partial charge in [-0.3, -0.25) is 14.7 Å². The second-order valence-electron chi connectivity index (χ2n) is 6.02. The van der Waals surface area contributed by atoms with E-state index in [-0.39, 0.29) is 30.8 Å². The van der Waals surface area contributed by atoms with E-state index in [0.29, 0.717) is 30.2 Å². The summed E-state index contributed by atoms with van der Waals surface area (Å²) in [6.07, 6.45) is 0.816. The molecule has 0 unspecified atom stereocenters. The molecule has 1 aromatic heterocycles. The fourth-order valence-corrected chi connectivity index (χ4v) is 2.99. The Morgan fingerprint density at radius 3 is 2.85 bits per heavy atom. The molecule has 0 atom stereocenters. The number of amides is 2. The van der Waals surface area contributed by atoms with Gasteiger partial charge in [-0.1, -0.05) is 12.1 Å². The Morgan fingerprint density at radius 2 is 2.11 bits per heavy atom. The molecule has 2 aromatic rings. The minimum atomic E-state index is -0.285. The summed E-state index contributed by atoms with van der Waals surface area (Å²) in [6, 6.07) is 7.15. The van der Waals surface area contributed by atoms with Gasteiger partial charge in [0.05, 0.1) is 12.8 Å². The van der Waals surface area contributed by atoms with Gasteiger partial charge in [-0.05, 0) is 19.1 Å². The van der Waals surface area contributed by atoms with Crippen LogP contribution in [0.3, 0.4) is 0 Å². The number of hydrogen-bond acceptors (Lipinski definition) is 5. The number of H-pyrrole nitrogens is 1. The van der Waals surface area contributed by atoms with Crippen LogP contribution < -0.4 is 15.4 Å². The zero-order valence-electron chi connectivity index (χ0n) is 15.4. The summed E-state index contributed by atoms with van der Waals surface area (Å²) in [4.78, 5) is 26.7. The molecule has 1 aromatic carbocycles. The SMILES string of the molecule is CCN(CC(=O)Nc1ccccc1OC)C(=O)c1n[nH]c2c1CNCC2.Cl. The highest BCUT2D eigenvalue weighted by atomic mass is 35.5. The lowest BCUT2D eigenvalue weighted by atomic mass is 10.1. The number of nitrogens with one attached hydrogen (secondary N) is 3. The first kappa shape index (κ1) is 20.7. The van der Waals surface area contributed by atoms with Crippen LogP contribution in [0.4, 0.5) is 5.69 Å². The van der Waals surface area contributed by atoms with Gasteiger partial charge in [0.1, 0.15) is 12.3 Å². The summed E-state index contributed by atoms with van der Waals surface area (Å²) in [5.74, 6) is 0.0405. The number of ether oxygens (including phenoxy) is 1. The summed E-state index contributed by atoms with van der Waals surface area (Å²) in [7, 11) is 1.54. The molecule has 9 heteroatoms. The average Bonchev–Trinajstić information content (AvgIpc) is 3.10. The van der Waals surface area contributed by atoms with Gasteiger partial charge in [0.2, 0.25) is 5.91 Å². The Balaban J connectivity index is 0.00000261. The number of carbonyl (C=O) groups excluding carboxylic acids is 2. The number of anilines is 1. The van der Waals surface area contributed by atoms with Gasteiger partial charge >= 0.3 is 0 Å². The van der Waals surface area contributed by atoms with Gasteiger partial charge in [-0.25, -0.2) is 0 Å². The molecule has 2 heterocycles. The van der Waals surface area contributed by atoms with Crippen LogP contribution in [-0.2, 0) is 17.8 Å². The molecule has 2 amide bonds. The standard InChI is InChI=1S/C18H23N5O3.ClH/c1-3-23(11-16(24)20-14-6-4-5-7-15(14)26-2)18(25)17-12-10-19-9-8-13(12)21-22-17;/h4-7,19H,3,8-11H2,1-2H3,(H,20,24)(H,21,22);1H. The minimum absolute atomic E-state index is 0. The van der Waals surface area contributed by atoms with Crippen molar-refractivity contribution in [3.63, 3.8) is 0 Å². The number of benzene rings is 1. The Kier molecular flexibility index (Phi) is 7.20. The fraction of sp³-hybridized carbons (Fsp3) is 0.389. The molecular formula is C18H24ClN5O3. The normalized spacial score (nSPS) is 12.5. The summed E-state index contributed by atoms with van der Waals surface area (Å²) >= 11 is 0. The molecule has 0 radical (unpaired) electrons.